The van der Waals surface area contributed by atoms with Crippen molar-refractivity contribution in [3.63, 3.8) is 0 Å². The average Bonchev–Trinajstić information content (AvgIpc) is 2.81. The Balaban J connectivity index is 2.36. The Morgan fingerprint density at radius 3 is 2.75 bits per heavy atom. The normalized spacial score (nSPS) is 22.1. The van der Waals surface area contributed by atoms with Gasteiger partial charge in [-0.05, 0) is 31.0 Å². The minimum absolute atomic E-state index is 0.0669. The molecule has 1 saturated heterocycles. The first-order chi connectivity index (χ1) is 9.45. The van der Waals surface area contributed by atoms with E-state index in [1.807, 2.05) is 6.92 Å². The van der Waals surface area contributed by atoms with Gasteiger partial charge in [0.2, 0.25) is 0 Å². The molecule has 20 heavy (non-hydrogen) atoms. The van der Waals surface area contributed by atoms with Gasteiger partial charge in [0.05, 0.1) is 10.9 Å². The van der Waals surface area contributed by atoms with Gasteiger partial charge in [0.15, 0.2) is 0 Å². The van der Waals surface area contributed by atoms with Crippen LogP contribution in [0, 0.1) is 12.7 Å². The van der Waals surface area contributed by atoms with E-state index in [1.54, 1.807) is 13.0 Å². The molecule has 0 spiro atoms. The van der Waals surface area contributed by atoms with E-state index in [-0.39, 0.29) is 10.9 Å². The van der Waals surface area contributed by atoms with Gasteiger partial charge in [-0.15, -0.1) is 11.8 Å². The molecule has 1 N–H and O–H groups in total. The van der Waals surface area contributed by atoms with E-state index in [1.165, 1.54) is 28.8 Å². The number of nitrogens with zero attached hydrogens (tertiary/aromatic N) is 1. The summed E-state index contributed by atoms with van der Waals surface area (Å²) in [6, 6.07) is 3.46. The second-order valence-corrected chi connectivity index (χ2v) is 5.96. The second kappa shape index (κ2) is 5.83. The quantitative estimate of drug-likeness (QED) is 0.931. The maximum atomic E-state index is 13.9. The molecule has 1 amide bonds. The number of carboxylic acids is 1. The van der Waals surface area contributed by atoms with Crippen molar-refractivity contribution in [2.45, 2.75) is 31.7 Å². The first kappa shape index (κ1) is 14.8. The number of aliphatic carboxylic acids is 1. The van der Waals surface area contributed by atoms with E-state index in [4.69, 9.17) is 0 Å². The van der Waals surface area contributed by atoms with E-state index in [0.717, 1.165) is 5.56 Å². The first-order valence-electron chi connectivity index (χ1n) is 6.39. The zero-order valence-corrected chi connectivity index (χ0v) is 12.1. The minimum Gasteiger partial charge on any atom is -0.480 e. The molecular formula is C14H16FNO3S. The topological polar surface area (TPSA) is 57.6 Å². The Hall–Kier alpha value is -1.56. The molecule has 0 bridgehead atoms. The van der Waals surface area contributed by atoms with Gasteiger partial charge in [0, 0.05) is 5.75 Å². The summed E-state index contributed by atoms with van der Waals surface area (Å²) in [5.41, 5.74) is 0.652. The highest BCUT2D eigenvalue weighted by Gasteiger charge is 2.41. The molecule has 0 radical (unpaired) electrons. The number of hydrogen-bond donors (Lipinski definition) is 1. The van der Waals surface area contributed by atoms with Crippen LogP contribution in [0.3, 0.4) is 0 Å². The minimum atomic E-state index is -1.05. The summed E-state index contributed by atoms with van der Waals surface area (Å²) < 4.78 is 13.9. The smallest absolute Gasteiger partial charge is 0.327 e. The number of halogens is 1. The third-order valence-electron chi connectivity index (χ3n) is 3.32. The summed E-state index contributed by atoms with van der Waals surface area (Å²) >= 11 is 1.42. The van der Waals surface area contributed by atoms with Crippen LogP contribution in [0.25, 0.3) is 0 Å². The van der Waals surface area contributed by atoms with E-state index in [2.05, 4.69) is 0 Å². The zero-order valence-electron chi connectivity index (χ0n) is 11.3. The van der Waals surface area contributed by atoms with Gasteiger partial charge in [-0.3, -0.25) is 4.79 Å². The van der Waals surface area contributed by atoms with Gasteiger partial charge < -0.3 is 10.0 Å². The largest absolute Gasteiger partial charge is 0.480 e. The molecule has 108 valence electrons. The number of rotatable bonds is 3. The molecular weight excluding hydrogens is 281 g/mol. The lowest BCUT2D eigenvalue weighted by molar-refractivity contribution is -0.141. The molecule has 0 aliphatic carbocycles. The molecule has 1 aliphatic heterocycles. The van der Waals surface area contributed by atoms with Crippen LogP contribution in [0.15, 0.2) is 18.2 Å². The Kier molecular flexibility index (Phi) is 4.32. The summed E-state index contributed by atoms with van der Waals surface area (Å²) in [4.78, 5) is 25.0. The van der Waals surface area contributed by atoms with Crippen molar-refractivity contribution >= 4 is 23.6 Å². The number of carbonyl (C=O) groups excluding carboxylic acids is 1. The summed E-state index contributed by atoms with van der Waals surface area (Å²) in [6.07, 6.45) is 0.633. The average molecular weight is 297 g/mol. The predicted molar refractivity (Wildman–Crippen MR) is 75.3 cm³/mol. The third-order valence-corrected chi connectivity index (χ3v) is 4.77. The SMILES string of the molecule is CCC1SCC(C(=O)O)N1C(=O)c1ccc(C)cc1F. The molecule has 2 atom stereocenters. The summed E-state index contributed by atoms with van der Waals surface area (Å²) in [6.45, 7) is 3.62. The Bertz CT molecular complexity index is 549. The number of carbonyl (C=O) groups is 2. The molecule has 0 aromatic heterocycles. The number of amides is 1. The third kappa shape index (κ3) is 2.65. The summed E-state index contributed by atoms with van der Waals surface area (Å²) in [5, 5.41) is 8.99. The lowest BCUT2D eigenvalue weighted by atomic mass is 10.1. The highest BCUT2D eigenvalue weighted by Crippen LogP contribution is 2.33. The van der Waals surface area contributed by atoms with E-state index >= 15 is 0 Å². The molecule has 1 heterocycles. The van der Waals surface area contributed by atoms with Gasteiger partial charge in [-0.25, -0.2) is 9.18 Å². The number of aryl methyl sites for hydroxylation is 1. The van der Waals surface area contributed by atoms with Crippen LogP contribution in [-0.2, 0) is 4.79 Å². The monoisotopic (exact) mass is 297 g/mol. The van der Waals surface area contributed by atoms with Crippen LogP contribution in [0.5, 0.6) is 0 Å². The maximum Gasteiger partial charge on any atom is 0.327 e. The molecule has 2 unspecified atom stereocenters. The van der Waals surface area contributed by atoms with Crippen LogP contribution < -0.4 is 0 Å². The fraction of sp³-hybridized carbons (Fsp3) is 0.429. The molecule has 1 aromatic rings. The number of benzene rings is 1. The van der Waals surface area contributed by atoms with Gasteiger partial charge in [-0.2, -0.15) is 0 Å². The van der Waals surface area contributed by atoms with Gasteiger partial charge in [0.1, 0.15) is 11.9 Å². The first-order valence-corrected chi connectivity index (χ1v) is 7.43. The second-order valence-electron chi connectivity index (χ2n) is 4.75. The van der Waals surface area contributed by atoms with Crippen LogP contribution in [0.2, 0.25) is 0 Å². The van der Waals surface area contributed by atoms with Crippen LogP contribution in [0.1, 0.15) is 29.3 Å². The van der Waals surface area contributed by atoms with Crippen molar-refractivity contribution in [2.24, 2.45) is 0 Å². The fourth-order valence-electron chi connectivity index (χ4n) is 2.27. The van der Waals surface area contributed by atoms with Crippen molar-refractivity contribution in [1.29, 1.82) is 0 Å². The Labute approximate surface area is 121 Å². The molecule has 1 aliphatic rings. The van der Waals surface area contributed by atoms with Crippen molar-refractivity contribution < 1.29 is 19.1 Å². The van der Waals surface area contributed by atoms with Gasteiger partial charge >= 0.3 is 5.97 Å². The lowest BCUT2D eigenvalue weighted by Gasteiger charge is -2.26. The standard InChI is InChI=1S/C14H16FNO3S/c1-3-12-16(11(7-20-12)14(18)19)13(17)9-5-4-8(2)6-10(9)15/h4-6,11-12H,3,7H2,1-2H3,(H,18,19). The van der Waals surface area contributed by atoms with E-state index in [9.17, 15) is 19.1 Å². The van der Waals surface area contributed by atoms with Crippen LogP contribution >= 0.6 is 11.8 Å². The van der Waals surface area contributed by atoms with Crippen molar-refractivity contribution in [1.82, 2.24) is 4.90 Å². The predicted octanol–water partition coefficient (Wildman–Crippen LogP) is 2.51. The van der Waals surface area contributed by atoms with Crippen molar-refractivity contribution in [2.75, 3.05) is 5.75 Å². The zero-order chi connectivity index (χ0) is 14.9. The van der Waals surface area contributed by atoms with Crippen LogP contribution in [0.4, 0.5) is 4.39 Å². The highest BCUT2D eigenvalue weighted by molar-refractivity contribution is 8.00. The Morgan fingerprint density at radius 1 is 1.50 bits per heavy atom. The number of thioether (sulfide) groups is 1. The molecule has 4 nitrogen and oxygen atoms in total. The molecule has 1 fully saturated rings. The van der Waals surface area contributed by atoms with Gasteiger partial charge in [0.25, 0.3) is 5.91 Å². The highest BCUT2D eigenvalue weighted by atomic mass is 32.2. The molecule has 6 heteroatoms. The lowest BCUT2D eigenvalue weighted by Crippen LogP contribution is -2.45. The van der Waals surface area contributed by atoms with Crippen LogP contribution in [-0.4, -0.2) is 39.1 Å². The maximum absolute atomic E-state index is 13.9. The summed E-state index contributed by atoms with van der Waals surface area (Å²) in [7, 11) is 0. The summed E-state index contributed by atoms with van der Waals surface area (Å²) in [5.74, 6) is -1.86. The number of carboxylic acid groups (broad SMARTS) is 1. The van der Waals surface area contributed by atoms with E-state index < -0.39 is 23.7 Å². The fourth-order valence-corrected chi connectivity index (χ4v) is 3.62. The molecule has 2 rings (SSSR count). The van der Waals surface area contributed by atoms with E-state index in [0.29, 0.717) is 12.2 Å². The van der Waals surface area contributed by atoms with Gasteiger partial charge in [-0.1, -0.05) is 13.0 Å². The van der Waals surface area contributed by atoms with Crippen molar-refractivity contribution in [3.8, 4) is 0 Å². The van der Waals surface area contributed by atoms with Crippen molar-refractivity contribution in [3.05, 3.63) is 35.1 Å². The Morgan fingerprint density at radius 2 is 2.20 bits per heavy atom. The molecule has 1 aromatic carbocycles. The molecule has 0 saturated carbocycles. The number of hydrogen-bond acceptors (Lipinski definition) is 3.